The molecule has 0 amide bonds. The van der Waals surface area contributed by atoms with Crippen LogP contribution in [-0.2, 0) is 0 Å². The second kappa shape index (κ2) is 5.41. The molecule has 17 heteroatoms. The molecule has 0 aromatic carbocycles. The average Bonchev–Trinajstić information content (AvgIpc) is 2.26. The van der Waals surface area contributed by atoms with Gasteiger partial charge in [0.25, 0.3) is 0 Å². The quantitative estimate of drug-likeness (QED) is 0.386. The lowest BCUT2D eigenvalue weighted by Crippen LogP contribution is -2.62. The zero-order chi connectivity index (χ0) is 15.4. The molecule has 0 saturated carbocycles. The summed E-state index contributed by atoms with van der Waals surface area (Å²) < 4.78 is 0. The number of hydrogen-bond acceptors (Lipinski definition) is 9. The Morgan fingerprint density at radius 1 is 1.05 bits per heavy atom. The van der Waals surface area contributed by atoms with Gasteiger partial charge in [-0.25, -0.2) is 40.5 Å². The van der Waals surface area contributed by atoms with Gasteiger partial charge in [0, 0.05) is 0 Å². The molecule has 0 aromatic heterocycles. The lowest BCUT2D eigenvalue weighted by atomic mass is 10.6. The van der Waals surface area contributed by atoms with E-state index in [0.29, 0.717) is 0 Å². The van der Waals surface area contributed by atoms with E-state index in [9.17, 15) is 40.5 Å². The van der Waals surface area contributed by atoms with Crippen molar-refractivity contribution in [1.29, 1.82) is 0 Å². The fourth-order valence-electron chi connectivity index (χ4n) is 1.16. The number of aliphatic imine (C=N–C) groups is 1. The number of hydrazine groups is 4. The molecule has 0 fully saturated rings. The third-order valence-electron chi connectivity index (χ3n) is 1.87. The van der Waals surface area contributed by atoms with Crippen LogP contribution in [0.3, 0.4) is 0 Å². The molecule has 1 aliphatic heterocycles. The third kappa shape index (κ3) is 3.24. The Morgan fingerprint density at radius 2 is 1.65 bits per heavy atom. The zero-order valence-corrected chi connectivity index (χ0v) is 9.18. The van der Waals surface area contributed by atoms with E-state index in [-0.39, 0.29) is 10.0 Å². The molecule has 110 valence electrons. The van der Waals surface area contributed by atoms with Crippen LogP contribution in [-0.4, -0.2) is 49.1 Å². The normalized spacial score (nSPS) is 18.0. The first-order valence-electron chi connectivity index (χ1n) is 4.44. The van der Waals surface area contributed by atoms with E-state index >= 15 is 0 Å². The highest BCUT2D eigenvalue weighted by Crippen LogP contribution is 2.09. The predicted octanol–water partition coefficient (Wildman–Crippen LogP) is -2.85. The largest absolute Gasteiger partial charge is 0.324 e. The highest BCUT2D eigenvalue weighted by molar-refractivity contribution is 5.78. The molecule has 0 aliphatic carbocycles. The van der Waals surface area contributed by atoms with Crippen molar-refractivity contribution in [1.82, 2.24) is 20.9 Å². The van der Waals surface area contributed by atoms with Crippen LogP contribution < -0.4 is 10.9 Å². The molecule has 0 spiro atoms. The number of hydrogen-bond donors (Lipinski definition) is 2. The molecule has 1 unspecified atom stereocenters. The van der Waals surface area contributed by atoms with Crippen LogP contribution in [0.5, 0.6) is 0 Å². The van der Waals surface area contributed by atoms with Crippen LogP contribution in [0.2, 0.25) is 0 Å². The summed E-state index contributed by atoms with van der Waals surface area (Å²) in [6.07, 6.45) is -1.96. The lowest BCUT2D eigenvalue weighted by Gasteiger charge is -2.26. The van der Waals surface area contributed by atoms with Gasteiger partial charge in [-0.1, -0.05) is 15.9 Å². The van der Waals surface area contributed by atoms with Gasteiger partial charge in [-0.3, -0.25) is 0 Å². The molecule has 17 nitrogen and oxygen atoms in total. The molecule has 1 atom stereocenters. The minimum absolute atomic E-state index is 0.0106. The first-order valence-corrected chi connectivity index (χ1v) is 4.44. The number of nitrogens with zero attached hydrogens (tertiary/aromatic N) is 7. The Balaban J connectivity index is 3.14. The van der Waals surface area contributed by atoms with E-state index < -0.39 is 39.0 Å². The fraction of sp³-hybridized carbons (Fsp3) is 0.667. The SMILES string of the molecule is O=[N+]([O-])NC1=NC(N[N+](=O)[O-])N([N+](=O)[O-])CN1[N+](=O)[O-]. The number of nitro groups is 4. The van der Waals surface area contributed by atoms with Gasteiger partial charge in [-0.05, 0) is 5.01 Å². The highest BCUT2D eigenvalue weighted by atomic mass is 16.7. The summed E-state index contributed by atoms with van der Waals surface area (Å²) in [5.41, 5.74) is 2.70. The molecular weight excluding hydrogens is 290 g/mol. The van der Waals surface area contributed by atoms with Gasteiger partial charge in [-0.2, -0.15) is 4.99 Å². The number of rotatable bonds is 5. The van der Waals surface area contributed by atoms with Crippen LogP contribution in [0.25, 0.3) is 0 Å². The maximum Gasteiger partial charge on any atom is 0.324 e. The molecule has 0 saturated heterocycles. The number of guanidine groups is 1. The van der Waals surface area contributed by atoms with Crippen LogP contribution in [0, 0.1) is 40.5 Å². The monoisotopic (exact) mass is 295 g/mol. The summed E-state index contributed by atoms with van der Waals surface area (Å²) in [5, 5.41) is 37.0. The Hall–Kier alpha value is -3.53. The van der Waals surface area contributed by atoms with E-state index in [1.165, 1.54) is 10.9 Å². The summed E-state index contributed by atoms with van der Waals surface area (Å²) in [6, 6.07) is 0. The Bertz CT molecular complexity index is 488. The minimum Gasteiger partial charge on any atom is -0.235 e. The topological polar surface area (TPSA) is 215 Å². The second-order valence-electron chi connectivity index (χ2n) is 3.04. The van der Waals surface area contributed by atoms with Gasteiger partial charge in [-0.15, -0.1) is 0 Å². The van der Waals surface area contributed by atoms with Gasteiger partial charge in [0.2, 0.25) is 6.67 Å². The van der Waals surface area contributed by atoms with Crippen molar-refractivity contribution in [2.24, 2.45) is 4.99 Å². The molecule has 1 heterocycles. The molecule has 2 N–H and O–H groups in total. The van der Waals surface area contributed by atoms with Crippen molar-refractivity contribution < 1.29 is 20.1 Å². The average molecular weight is 295 g/mol. The maximum absolute atomic E-state index is 10.6. The van der Waals surface area contributed by atoms with Crippen molar-refractivity contribution in [2.75, 3.05) is 6.67 Å². The smallest absolute Gasteiger partial charge is 0.235 e. The summed E-state index contributed by atoms with van der Waals surface area (Å²) >= 11 is 0. The van der Waals surface area contributed by atoms with E-state index in [1.807, 2.05) is 0 Å². The van der Waals surface area contributed by atoms with Crippen LogP contribution in [0.4, 0.5) is 0 Å². The fourth-order valence-corrected chi connectivity index (χ4v) is 1.16. The third-order valence-corrected chi connectivity index (χ3v) is 1.87. The van der Waals surface area contributed by atoms with Gasteiger partial charge in [0.05, 0.1) is 0 Å². The minimum atomic E-state index is -1.96. The maximum atomic E-state index is 10.6. The van der Waals surface area contributed by atoms with E-state index in [1.54, 1.807) is 0 Å². The molecule has 1 aliphatic rings. The Kier molecular flexibility index (Phi) is 3.93. The van der Waals surface area contributed by atoms with Crippen molar-refractivity contribution in [3.05, 3.63) is 40.5 Å². The van der Waals surface area contributed by atoms with Crippen molar-refractivity contribution in [3.8, 4) is 0 Å². The summed E-state index contributed by atoms with van der Waals surface area (Å²) in [7, 11) is 0. The van der Waals surface area contributed by atoms with E-state index in [0.717, 1.165) is 0 Å². The molecule has 0 radical (unpaired) electrons. The standard InChI is InChI=1S/C3H5N9O8/c13-9(14)5-2-4-3(6-10(15)16)8(12(19)20)1-7(2)11(17)18/h2,5H,1H2,(H,4,6). The summed E-state index contributed by atoms with van der Waals surface area (Å²) in [4.78, 5) is 44.9. The number of nitrogens with one attached hydrogen (secondary N) is 2. The van der Waals surface area contributed by atoms with E-state index in [4.69, 9.17) is 0 Å². The molecule has 20 heavy (non-hydrogen) atoms. The predicted molar refractivity (Wildman–Crippen MR) is 54.0 cm³/mol. The first kappa shape index (κ1) is 14.5. The molecule has 0 bridgehead atoms. The van der Waals surface area contributed by atoms with Gasteiger partial charge in [0.15, 0.2) is 20.1 Å². The Morgan fingerprint density at radius 3 is 2.05 bits per heavy atom. The molecular formula is C3H5N9O8. The van der Waals surface area contributed by atoms with Crippen LogP contribution in [0.1, 0.15) is 0 Å². The van der Waals surface area contributed by atoms with Crippen molar-refractivity contribution in [3.63, 3.8) is 0 Å². The van der Waals surface area contributed by atoms with Crippen molar-refractivity contribution in [2.45, 2.75) is 6.29 Å². The molecule has 1 rings (SSSR count). The van der Waals surface area contributed by atoms with Crippen LogP contribution >= 0.6 is 0 Å². The van der Waals surface area contributed by atoms with Gasteiger partial charge < -0.3 is 0 Å². The second-order valence-corrected chi connectivity index (χ2v) is 3.04. The van der Waals surface area contributed by atoms with Crippen LogP contribution in [0.15, 0.2) is 4.99 Å². The highest BCUT2D eigenvalue weighted by Gasteiger charge is 2.44. The zero-order valence-electron chi connectivity index (χ0n) is 9.18. The van der Waals surface area contributed by atoms with Crippen molar-refractivity contribution >= 4 is 5.96 Å². The molecule has 0 aromatic rings. The summed E-state index contributed by atoms with van der Waals surface area (Å²) in [5.74, 6) is -1.00. The first-order chi connectivity index (χ1) is 9.22. The summed E-state index contributed by atoms with van der Waals surface area (Å²) in [6.45, 7) is -1.11. The Labute approximate surface area is 106 Å². The van der Waals surface area contributed by atoms with Gasteiger partial charge >= 0.3 is 12.2 Å². The van der Waals surface area contributed by atoms with E-state index in [2.05, 4.69) is 4.99 Å². The van der Waals surface area contributed by atoms with Gasteiger partial charge in [0.1, 0.15) is 0 Å². The lowest BCUT2D eigenvalue weighted by molar-refractivity contribution is -0.720.